The molecule has 0 bridgehead atoms. The van der Waals surface area contributed by atoms with Crippen molar-refractivity contribution in [3.05, 3.63) is 64.7 Å². The second-order valence-electron chi connectivity index (χ2n) is 6.60. The summed E-state index contributed by atoms with van der Waals surface area (Å²) in [7, 11) is 1.63. The number of rotatable bonds is 5. The SMILES string of the molecule is COc1ccc(CN2CCN(C(=O)Cc3ccc(Cl)cc3)CCC2=O)cc1. The first-order valence-corrected chi connectivity index (χ1v) is 9.36. The molecule has 2 aromatic rings. The lowest BCUT2D eigenvalue weighted by Gasteiger charge is -2.22. The van der Waals surface area contributed by atoms with E-state index in [1.165, 1.54) is 0 Å². The van der Waals surface area contributed by atoms with Crippen molar-refractivity contribution in [3.63, 3.8) is 0 Å². The molecule has 0 aliphatic carbocycles. The van der Waals surface area contributed by atoms with Gasteiger partial charge in [-0.15, -0.1) is 0 Å². The lowest BCUT2D eigenvalue weighted by Crippen LogP contribution is -2.36. The van der Waals surface area contributed by atoms with Gasteiger partial charge in [0.05, 0.1) is 13.5 Å². The minimum Gasteiger partial charge on any atom is -0.497 e. The van der Waals surface area contributed by atoms with E-state index in [2.05, 4.69) is 0 Å². The van der Waals surface area contributed by atoms with Gasteiger partial charge in [-0.05, 0) is 35.4 Å². The lowest BCUT2D eigenvalue weighted by atomic mass is 10.1. The van der Waals surface area contributed by atoms with Gasteiger partial charge in [0.25, 0.3) is 0 Å². The molecule has 0 radical (unpaired) electrons. The average molecular weight is 387 g/mol. The van der Waals surface area contributed by atoms with E-state index >= 15 is 0 Å². The van der Waals surface area contributed by atoms with Crippen molar-refractivity contribution in [2.24, 2.45) is 0 Å². The monoisotopic (exact) mass is 386 g/mol. The van der Waals surface area contributed by atoms with Crippen molar-refractivity contribution in [1.82, 2.24) is 9.80 Å². The molecule has 0 atom stereocenters. The van der Waals surface area contributed by atoms with Crippen LogP contribution in [0.4, 0.5) is 0 Å². The van der Waals surface area contributed by atoms with Crippen molar-refractivity contribution < 1.29 is 14.3 Å². The third kappa shape index (κ3) is 5.23. The van der Waals surface area contributed by atoms with Gasteiger partial charge in [-0.25, -0.2) is 0 Å². The highest BCUT2D eigenvalue weighted by molar-refractivity contribution is 6.30. The molecule has 1 saturated heterocycles. The number of hydrogen-bond acceptors (Lipinski definition) is 3. The summed E-state index contributed by atoms with van der Waals surface area (Å²) in [5, 5.41) is 0.653. The van der Waals surface area contributed by atoms with Crippen LogP contribution in [0.2, 0.25) is 5.02 Å². The number of hydrogen-bond donors (Lipinski definition) is 0. The van der Waals surface area contributed by atoms with Crippen LogP contribution in [0.5, 0.6) is 5.75 Å². The van der Waals surface area contributed by atoms with Gasteiger partial charge >= 0.3 is 0 Å². The molecule has 1 aliphatic heterocycles. The van der Waals surface area contributed by atoms with Gasteiger partial charge in [0.2, 0.25) is 11.8 Å². The van der Waals surface area contributed by atoms with Gasteiger partial charge in [0.1, 0.15) is 5.75 Å². The van der Waals surface area contributed by atoms with Crippen LogP contribution in [0.25, 0.3) is 0 Å². The molecule has 6 heteroatoms. The summed E-state index contributed by atoms with van der Waals surface area (Å²) in [6.45, 7) is 2.10. The van der Waals surface area contributed by atoms with E-state index in [0.29, 0.717) is 44.0 Å². The molecular weight excluding hydrogens is 364 g/mol. The van der Waals surface area contributed by atoms with Crippen LogP contribution in [0, 0.1) is 0 Å². The Morgan fingerprint density at radius 1 is 1.00 bits per heavy atom. The van der Waals surface area contributed by atoms with Crippen LogP contribution in [0.1, 0.15) is 17.5 Å². The van der Waals surface area contributed by atoms with Crippen LogP contribution in [0.3, 0.4) is 0 Å². The molecule has 0 spiro atoms. The van der Waals surface area contributed by atoms with Gasteiger partial charge in [-0.3, -0.25) is 9.59 Å². The quantitative estimate of drug-likeness (QED) is 0.793. The van der Waals surface area contributed by atoms with Crippen LogP contribution in [-0.2, 0) is 22.6 Å². The molecular formula is C21H23ClN2O3. The molecule has 3 rings (SSSR count). The van der Waals surface area contributed by atoms with Gasteiger partial charge in [0.15, 0.2) is 0 Å². The summed E-state index contributed by atoms with van der Waals surface area (Å²) in [5.41, 5.74) is 1.97. The van der Waals surface area contributed by atoms with Gasteiger partial charge in [-0.2, -0.15) is 0 Å². The van der Waals surface area contributed by atoms with Gasteiger partial charge in [-0.1, -0.05) is 35.9 Å². The number of carbonyl (C=O) groups is 2. The lowest BCUT2D eigenvalue weighted by molar-refractivity contribution is -0.130. The minimum atomic E-state index is 0.0384. The first-order chi connectivity index (χ1) is 13.0. The van der Waals surface area contributed by atoms with E-state index in [1.807, 2.05) is 41.3 Å². The van der Waals surface area contributed by atoms with E-state index in [4.69, 9.17) is 16.3 Å². The first-order valence-electron chi connectivity index (χ1n) is 8.98. The fraction of sp³-hybridized carbons (Fsp3) is 0.333. The number of benzene rings is 2. The summed E-state index contributed by atoms with van der Waals surface area (Å²) in [4.78, 5) is 28.6. The second-order valence-corrected chi connectivity index (χ2v) is 7.03. The molecule has 2 amide bonds. The fourth-order valence-electron chi connectivity index (χ4n) is 3.12. The van der Waals surface area contributed by atoms with Crippen LogP contribution in [-0.4, -0.2) is 48.4 Å². The Labute approximate surface area is 164 Å². The predicted molar refractivity (Wildman–Crippen MR) is 105 cm³/mol. The number of halogens is 1. The number of nitrogens with zero attached hydrogens (tertiary/aromatic N) is 2. The Bertz CT molecular complexity index is 790. The minimum absolute atomic E-state index is 0.0384. The Hall–Kier alpha value is -2.53. The van der Waals surface area contributed by atoms with Gasteiger partial charge < -0.3 is 14.5 Å². The first kappa shape index (κ1) is 19.2. The van der Waals surface area contributed by atoms with Crippen molar-refractivity contribution >= 4 is 23.4 Å². The van der Waals surface area contributed by atoms with E-state index in [0.717, 1.165) is 16.9 Å². The summed E-state index contributed by atoms with van der Waals surface area (Å²) < 4.78 is 5.16. The number of ether oxygens (including phenoxy) is 1. The number of carbonyl (C=O) groups excluding carboxylic acids is 2. The Kier molecular flexibility index (Phi) is 6.35. The molecule has 5 nitrogen and oxygen atoms in total. The van der Waals surface area contributed by atoms with Crippen molar-refractivity contribution in [3.8, 4) is 5.75 Å². The normalized spacial score (nSPS) is 14.8. The maximum atomic E-state index is 12.6. The molecule has 1 heterocycles. The van der Waals surface area contributed by atoms with Crippen LogP contribution >= 0.6 is 11.6 Å². The molecule has 1 aliphatic rings. The number of methoxy groups -OCH3 is 1. The highest BCUT2D eigenvalue weighted by atomic mass is 35.5. The Balaban J connectivity index is 1.58. The summed E-state index contributed by atoms with van der Waals surface area (Å²) in [5.74, 6) is 0.906. The molecule has 0 N–H and O–H groups in total. The Morgan fingerprint density at radius 3 is 2.33 bits per heavy atom. The van der Waals surface area contributed by atoms with Crippen molar-refractivity contribution in [2.45, 2.75) is 19.4 Å². The zero-order valence-corrected chi connectivity index (χ0v) is 16.1. The standard InChI is InChI=1S/C21H23ClN2O3/c1-27-19-8-4-17(5-9-19)15-24-13-12-23(11-10-20(24)25)21(26)14-16-2-6-18(22)7-3-16/h2-9H,10-15H2,1H3. The topological polar surface area (TPSA) is 49.9 Å². The Morgan fingerprint density at radius 2 is 1.67 bits per heavy atom. The molecule has 0 unspecified atom stereocenters. The van der Waals surface area contributed by atoms with E-state index in [1.54, 1.807) is 24.1 Å². The number of amides is 2. The highest BCUT2D eigenvalue weighted by Crippen LogP contribution is 2.16. The second kappa shape index (κ2) is 8.91. The zero-order chi connectivity index (χ0) is 19.2. The molecule has 0 saturated carbocycles. The summed E-state index contributed by atoms with van der Waals surface area (Å²) in [6, 6.07) is 15.0. The van der Waals surface area contributed by atoms with E-state index < -0.39 is 0 Å². The zero-order valence-electron chi connectivity index (χ0n) is 15.4. The molecule has 2 aromatic carbocycles. The molecule has 142 valence electrons. The third-order valence-corrected chi connectivity index (χ3v) is 4.99. The third-order valence-electron chi connectivity index (χ3n) is 4.74. The highest BCUT2D eigenvalue weighted by Gasteiger charge is 2.23. The molecule has 27 heavy (non-hydrogen) atoms. The smallest absolute Gasteiger partial charge is 0.227 e. The predicted octanol–water partition coefficient (Wildman–Crippen LogP) is 3.15. The van der Waals surface area contributed by atoms with Crippen molar-refractivity contribution in [2.75, 3.05) is 26.7 Å². The van der Waals surface area contributed by atoms with Gasteiger partial charge in [0, 0.05) is 37.6 Å². The molecule has 1 fully saturated rings. The van der Waals surface area contributed by atoms with Crippen LogP contribution < -0.4 is 4.74 Å². The summed E-state index contributed by atoms with van der Waals surface area (Å²) >= 11 is 5.89. The fourth-order valence-corrected chi connectivity index (χ4v) is 3.25. The summed E-state index contributed by atoms with van der Waals surface area (Å²) in [6.07, 6.45) is 0.673. The van der Waals surface area contributed by atoms with Crippen molar-refractivity contribution in [1.29, 1.82) is 0 Å². The van der Waals surface area contributed by atoms with Crippen LogP contribution in [0.15, 0.2) is 48.5 Å². The largest absolute Gasteiger partial charge is 0.497 e. The molecule has 0 aromatic heterocycles. The average Bonchev–Trinajstić information content (AvgIpc) is 2.86. The van der Waals surface area contributed by atoms with E-state index in [-0.39, 0.29) is 11.8 Å². The van der Waals surface area contributed by atoms with E-state index in [9.17, 15) is 9.59 Å². The maximum Gasteiger partial charge on any atom is 0.227 e. The maximum absolute atomic E-state index is 12.6.